The van der Waals surface area contributed by atoms with Gasteiger partial charge in [-0.2, -0.15) is 0 Å². The second kappa shape index (κ2) is 2.86. The fourth-order valence-electron chi connectivity index (χ4n) is 0.892. The van der Waals surface area contributed by atoms with E-state index in [0.29, 0.717) is 6.04 Å². The van der Waals surface area contributed by atoms with Crippen LogP contribution in [-0.2, 0) is 0 Å². The van der Waals surface area contributed by atoms with Gasteiger partial charge in [0.05, 0.1) is 5.60 Å². The molecule has 3 heteroatoms. The molecule has 1 heterocycles. The van der Waals surface area contributed by atoms with E-state index in [0.717, 1.165) is 13.0 Å². The number of halogens is 1. The van der Waals surface area contributed by atoms with Crippen molar-refractivity contribution in [1.82, 2.24) is 5.32 Å². The molecule has 0 aromatic heterocycles. The normalized spacial score (nSPS) is 26.3. The molecule has 1 atom stereocenters. The van der Waals surface area contributed by atoms with Crippen molar-refractivity contribution in [2.24, 2.45) is 0 Å². The van der Waals surface area contributed by atoms with Crippen LogP contribution in [0.1, 0.15) is 20.3 Å². The lowest BCUT2D eigenvalue weighted by atomic mass is 9.91. The van der Waals surface area contributed by atoms with E-state index in [2.05, 4.69) is 5.32 Å². The van der Waals surface area contributed by atoms with E-state index in [1.807, 2.05) is 13.8 Å². The van der Waals surface area contributed by atoms with Gasteiger partial charge in [-0.15, -0.1) is 12.4 Å². The van der Waals surface area contributed by atoms with Gasteiger partial charge in [0.25, 0.3) is 0 Å². The van der Waals surface area contributed by atoms with Crippen LogP contribution < -0.4 is 5.32 Å². The summed E-state index contributed by atoms with van der Waals surface area (Å²) in [7, 11) is 0. The quantitative estimate of drug-likeness (QED) is 0.574. The van der Waals surface area contributed by atoms with Crippen LogP contribution in [0.15, 0.2) is 0 Å². The van der Waals surface area contributed by atoms with Crippen molar-refractivity contribution in [3.8, 4) is 0 Å². The average Bonchev–Trinajstić information content (AvgIpc) is 1.16. The minimum atomic E-state index is -0.516. The van der Waals surface area contributed by atoms with Crippen molar-refractivity contribution in [2.75, 3.05) is 6.54 Å². The molecule has 1 rings (SSSR count). The Balaban J connectivity index is 0.000000640. The number of nitrogens with one attached hydrogen (secondary N) is 1. The molecule has 0 unspecified atom stereocenters. The van der Waals surface area contributed by atoms with Gasteiger partial charge >= 0.3 is 0 Å². The SMILES string of the molecule is CC(C)(O)[C@H]1CCN1.Cl. The first kappa shape index (κ1) is 9.21. The molecule has 2 nitrogen and oxygen atoms in total. The molecular weight excluding hydrogens is 138 g/mol. The minimum absolute atomic E-state index is 0. The summed E-state index contributed by atoms with van der Waals surface area (Å²) in [5, 5.41) is 12.4. The largest absolute Gasteiger partial charge is 0.389 e. The lowest BCUT2D eigenvalue weighted by molar-refractivity contribution is 0.0127. The summed E-state index contributed by atoms with van der Waals surface area (Å²) >= 11 is 0. The van der Waals surface area contributed by atoms with Gasteiger partial charge in [0.2, 0.25) is 0 Å². The highest BCUT2D eigenvalue weighted by Gasteiger charge is 2.30. The topological polar surface area (TPSA) is 32.3 Å². The van der Waals surface area contributed by atoms with Crippen molar-refractivity contribution in [3.05, 3.63) is 0 Å². The Hall–Kier alpha value is 0.210. The molecule has 1 aliphatic heterocycles. The molecule has 1 saturated heterocycles. The highest BCUT2D eigenvalue weighted by molar-refractivity contribution is 5.85. The third-order valence-electron chi connectivity index (χ3n) is 1.68. The van der Waals surface area contributed by atoms with Crippen LogP contribution >= 0.6 is 12.4 Å². The maximum atomic E-state index is 9.27. The van der Waals surface area contributed by atoms with Crippen LogP contribution in [0.25, 0.3) is 0 Å². The van der Waals surface area contributed by atoms with Crippen LogP contribution in [0.2, 0.25) is 0 Å². The standard InChI is InChI=1S/C6H13NO.ClH/c1-6(2,8)5-3-4-7-5;/h5,7-8H,3-4H2,1-2H3;1H/t5-;/m1./s1. The first-order valence-electron chi connectivity index (χ1n) is 3.06. The van der Waals surface area contributed by atoms with E-state index in [-0.39, 0.29) is 12.4 Å². The minimum Gasteiger partial charge on any atom is -0.389 e. The van der Waals surface area contributed by atoms with Gasteiger partial charge in [0.15, 0.2) is 0 Å². The zero-order valence-corrected chi connectivity index (χ0v) is 6.66. The maximum Gasteiger partial charge on any atom is 0.0744 e. The van der Waals surface area contributed by atoms with Gasteiger partial charge < -0.3 is 10.4 Å². The van der Waals surface area contributed by atoms with E-state index >= 15 is 0 Å². The molecule has 0 aromatic carbocycles. The molecule has 0 saturated carbocycles. The van der Waals surface area contributed by atoms with Crippen molar-refractivity contribution in [3.63, 3.8) is 0 Å². The Morgan fingerprint density at radius 3 is 2.00 bits per heavy atom. The van der Waals surface area contributed by atoms with Gasteiger partial charge in [0.1, 0.15) is 0 Å². The average molecular weight is 152 g/mol. The zero-order chi connectivity index (χ0) is 6.20. The molecule has 9 heavy (non-hydrogen) atoms. The molecule has 0 spiro atoms. The van der Waals surface area contributed by atoms with E-state index in [4.69, 9.17) is 0 Å². The summed E-state index contributed by atoms with van der Waals surface area (Å²) in [5.41, 5.74) is -0.516. The molecule has 0 bridgehead atoms. The highest BCUT2D eigenvalue weighted by Crippen LogP contribution is 2.16. The molecule has 0 radical (unpaired) electrons. The van der Waals surface area contributed by atoms with Gasteiger partial charge in [-0.05, 0) is 26.8 Å². The molecule has 0 aromatic rings. The summed E-state index contributed by atoms with van der Waals surface area (Å²) in [4.78, 5) is 0. The Labute approximate surface area is 62.1 Å². The molecule has 0 aliphatic carbocycles. The van der Waals surface area contributed by atoms with Crippen molar-refractivity contribution >= 4 is 12.4 Å². The van der Waals surface area contributed by atoms with Crippen molar-refractivity contribution < 1.29 is 5.11 Å². The lowest BCUT2D eigenvalue weighted by Crippen LogP contribution is -2.55. The summed E-state index contributed by atoms with van der Waals surface area (Å²) in [6, 6.07) is 0.336. The van der Waals surface area contributed by atoms with Crippen LogP contribution in [0, 0.1) is 0 Å². The van der Waals surface area contributed by atoms with Crippen LogP contribution in [-0.4, -0.2) is 23.3 Å². The summed E-state index contributed by atoms with van der Waals surface area (Å²) in [6.45, 7) is 4.74. The fourth-order valence-corrected chi connectivity index (χ4v) is 0.892. The Bertz CT molecular complexity index is 85.5. The number of hydrogen-bond acceptors (Lipinski definition) is 2. The second-order valence-electron chi connectivity index (χ2n) is 2.95. The molecule has 0 amide bonds. The monoisotopic (exact) mass is 151 g/mol. The predicted molar refractivity (Wildman–Crippen MR) is 40.0 cm³/mol. The molecule has 1 aliphatic rings. The maximum absolute atomic E-state index is 9.27. The number of rotatable bonds is 1. The van der Waals surface area contributed by atoms with E-state index in [1.165, 1.54) is 0 Å². The lowest BCUT2D eigenvalue weighted by Gasteiger charge is -2.37. The Kier molecular flexibility index (Phi) is 2.93. The summed E-state index contributed by atoms with van der Waals surface area (Å²) < 4.78 is 0. The first-order chi connectivity index (χ1) is 3.61. The highest BCUT2D eigenvalue weighted by atomic mass is 35.5. The number of aliphatic hydroxyl groups is 1. The molecular formula is C6H14ClNO. The van der Waals surface area contributed by atoms with Gasteiger partial charge in [-0.3, -0.25) is 0 Å². The third-order valence-corrected chi connectivity index (χ3v) is 1.68. The van der Waals surface area contributed by atoms with Gasteiger partial charge in [-0.25, -0.2) is 0 Å². The van der Waals surface area contributed by atoms with Gasteiger partial charge in [-0.1, -0.05) is 0 Å². The molecule has 2 N–H and O–H groups in total. The predicted octanol–water partition coefficient (Wildman–Crippen LogP) is 0.541. The van der Waals surface area contributed by atoms with E-state index in [9.17, 15) is 5.11 Å². The smallest absolute Gasteiger partial charge is 0.0744 e. The van der Waals surface area contributed by atoms with Crippen LogP contribution in [0.3, 0.4) is 0 Å². The zero-order valence-electron chi connectivity index (χ0n) is 5.85. The Morgan fingerprint density at radius 1 is 1.56 bits per heavy atom. The molecule has 56 valence electrons. The second-order valence-corrected chi connectivity index (χ2v) is 2.95. The Morgan fingerprint density at radius 2 is 2.00 bits per heavy atom. The summed E-state index contributed by atoms with van der Waals surface area (Å²) in [5.74, 6) is 0. The van der Waals surface area contributed by atoms with Crippen LogP contribution in [0.4, 0.5) is 0 Å². The molecule has 1 fully saturated rings. The number of hydrogen-bond donors (Lipinski definition) is 2. The van der Waals surface area contributed by atoms with Crippen molar-refractivity contribution in [1.29, 1.82) is 0 Å². The first-order valence-corrected chi connectivity index (χ1v) is 3.06. The van der Waals surface area contributed by atoms with E-state index in [1.54, 1.807) is 0 Å². The van der Waals surface area contributed by atoms with E-state index < -0.39 is 5.60 Å². The summed E-state index contributed by atoms with van der Waals surface area (Å²) in [6.07, 6.45) is 1.11. The van der Waals surface area contributed by atoms with Crippen LogP contribution in [0.5, 0.6) is 0 Å². The fraction of sp³-hybridized carbons (Fsp3) is 1.00. The third kappa shape index (κ3) is 2.12. The van der Waals surface area contributed by atoms with Gasteiger partial charge in [0, 0.05) is 6.04 Å². The van der Waals surface area contributed by atoms with Crippen molar-refractivity contribution in [2.45, 2.75) is 31.9 Å².